The van der Waals surface area contributed by atoms with Crippen molar-refractivity contribution in [2.45, 2.75) is 13.5 Å². The Hall–Kier alpha value is -3.27. The van der Waals surface area contributed by atoms with E-state index in [9.17, 15) is 10.1 Å². The third kappa shape index (κ3) is 5.91. The molecule has 3 rings (SSSR count). The molecule has 0 radical (unpaired) electrons. The molecular formula is C25H20BrClN2O3. The number of carbonyl (C=O) groups excluding carboxylic acids is 1. The standard InChI is InChI=1S/C25H20BrClN2O3/c1-16-6-5-8-20(10-16)29-25(30)19(14-28)11-18-12-23(31-2)24(13-21(18)26)32-15-17-7-3-4-9-22(17)27/h3-13H,15H2,1-2H3,(H,29,30)/b19-11+. The average Bonchev–Trinajstić information content (AvgIpc) is 2.77. The zero-order valence-corrected chi connectivity index (χ0v) is 19.8. The predicted molar refractivity (Wildman–Crippen MR) is 130 cm³/mol. The number of hydrogen-bond donors (Lipinski definition) is 1. The van der Waals surface area contributed by atoms with Gasteiger partial charge in [-0.05, 0) is 54.5 Å². The van der Waals surface area contributed by atoms with Gasteiger partial charge in [0.2, 0.25) is 0 Å². The summed E-state index contributed by atoms with van der Waals surface area (Å²) >= 11 is 9.68. The molecule has 0 atom stereocenters. The molecule has 0 aliphatic rings. The summed E-state index contributed by atoms with van der Waals surface area (Å²) in [5.74, 6) is 0.463. The van der Waals surface area contributed by atoms with E-state index >= 15 is 0 Å². The number of anilines is 1. The lowest BCUT2D eigenvalue weighted by atomic mass is 10.1. The van der Waals surface area contributed by atoms with Crippen molar-refractivity contribution in [3.8, 4) is 17.6 Å². The van der Waals surface area contributed by atoms with E-state index in [2.05, 4.69) is 21.2 Å². The maximum absolute atomic E-state index is 12.6. The number of carbonyl (C=O) groups is 1. The van der Waals surface area contributed by atoms with Gasteiger partial charge in [-0.25, -0.2) is 0 Å². The highest BCUT2D eigenvalue weighted by Gasteiger charge is 2.14. The molecule has 0 unspecified atom stereocenters. The van der Waals surface area contributed by atoms with Crippen molar-refractivity contribution >= 4 is 45.2 Å². The van der Waals surface area contributed by atoms with Crippen LogP contribution in [0.25, 0.3) is 6.08 Å². The predicted octanol–water partition coefficient (Wildman–Crippen LogP) is 6.54. The summed E-state index contributed by atoms with van der Waals surface area (Å²) in [4.78, 5) is 12.6. The van der Waals surface area contributed by atoms with Gasteiger partial charge in [-0.15, -0.1) is 0 Å². The number of rotatable bonds is 7. The normalized spacial score (nSPS) is 10.9. The maximum Gasteiger partial charge on any atom is 0.266 e. The van der Waals surface area contributed by atoms with Crippen molar-refractivity contribution in [3.63, 3.8) is 0 Å². The van der Waals surface area contributed by atoms with E-state index in [-0.39, 0.29) is 12.2 Å². The van der Waals surface area contributed by atoms with Gasteiger partial charge in [0.05, 0.1) is 7.11 Å². The van der Waals surface area contributed by atoms with Crippen LogP contribution < -0.4 is 14.8 Å². The molecule has 0 aliphatic carbocycles. The quantitative estimate of drug-likeness (QED) is 0.289. The van der Waals surface area contributed by atoms with Crippen LogP contribution in [0.4, 0.5) is 5.69 Å². The number of halogens is 2. The monoisotopic (exact) mass is 510 g/mol. The fourth-order valence-corrected chi connectivity index (χ4v) is 3.56. The first-order valence-electron chi connectivity index (χ1n) is 9.65. The topological polar surface area (TPSA) is 71.3 Å². The first kappa shape index (κ1) is 23.4. The molecule has 1 amide bonds. The number of nitrogens with one attached hydrogen (secondary N) is 1. The summed E-state index contributed by atoms with van der Waals surface area (Å²) < 4.78 is 12.0. The van der Waals surface area contributed by atoms with E-state index in [1.807, 2.05) is 49.4 Å². The average molecular weight is 512 g/mol. The molecule has 0 saturated heterocycles. The number of hydrogen-bond acceptors (Lipinski definition) is 4. The third-order valence-electron chi connectivity index (χ3n) is 4.56. The second-order valence-corrected chi connectivity index (χ2v) is 8.16. The van der Waals surface area contributed by atoms with Crippen LogP contribution in [0.3, 0.4) is 0 Å². The fourth-order valence-electron chi connectivity index (χ4n) is 2.93. The van der Waals surface area contributed by atoms with Crippen molar-refractivity contribution in [1.29, 1.82) is 5.26 Å². The van der Waals surface area contributed by atoms with Crippen LogP contribution in [0, 0.1) is 18.3 Å². The number of ether oxygens (including phenoxy) is 2. The molecular weight excluding hydrogens is 492 g/mol. The molecule has 32 heavy (non-hydrogen) atoms. The van der Waals surface area contributed by atoms with Crippen LogP contribution in [0.5, 0.6) is 11.5 Å². The van der Waals surface area contributed by atoms with Crippen molar-refractivity contribution in [1.82, 2.24) is 0 Å². The fraction of sp³-hybridized carbons (Fsp3) is 0.120. The van der Waals surface area contributed by atoms with Crippen LogP contribution >= 0.6 is 27.5 Å². The van der Waals surface area contributed by atoms with Crippen molar-refractivity contribution in [2.24, 2.45) is 0 Å². The van der Waals surface area contributed by atoms with Gasteiger partial charge in [-0.2, -0.15) is 5.26 Å². The molecule has 7 heteroatoms. The van der Waals surface area contributed by atoms with Crippen molar-refractivity contribution in [2.75, 3.05) is 12.4 Å². The first-order valence-corrected chi connectivity index (χ1v) is 10.8. The van der Waals surface area contributed by atoms with E-state index in [1.165, 1.54) is 13.2 Å². The Morgan fingerprint density at radius 1 is 1.16 bits per heavy atom. The Kier molecular flexibility index (Phi) is 7.93. The van der Waals surface area contributed by atoms with Gasteiger partial charge >= 0.3 is 0 Å². The summed E-state index contributed by atoms with van der Waals surface area (Å²) in [5, 5.41) is 12.9. The molecule has 0 spiro atoms. The van der Waals surface area contributed by atoms with Crippen molar-refractivity contribution < 1.29 is 14.3 Å². The van der Waals surface area contributed by atoms with Gasteiger partial charge in [-0.1, -0.05) is 57.9 Å². The smallest absolute Gasteiger partial charge is 0.266 e. The number of methoxy groups -OCH3 is 1. The summed E-state index contributed by atoms with van der Waals surface area (Å²) in [6, 6.07) is 20.2. The van der Waals surface area contributed by atoms with E-state index in [0.717, 1.165) is 11.1 Å². The third-order valence-corrected chi connectivity index (χ3v) is 5.62. The minimum atomic E-state index is -0.497. The lowest BCUT2D eigenvalue weighted by Gasteiger charge is -2.14. The van der Waals surface area contributed by atoms with Gasteiger partial charge in [0.1, 0.15) is 18.2 Å². The number of aryl methyl sites for hydroxylation is 1. The number of amides is 1. The summed E-state index contributed by atoms with van der Waals surface area (Å²) in [6.45, 7) is 2.19. The lowest BCUT2D eigenvalue weighted by Crippen LogP contribution is -2.13. The van der Waals surface area contributed by atoms with E-state index in [0.29, 0.717) is 32.2 Å². The van der Waals surface area contributed by atoms with E-state index < -0.39 is 5.91 Å². The van der Waals surface area contributed by atoms with Gasteiger partial charge < -0.3 is 14.8 Å². The minimum Gasteiger partial charge on any atom is -0.493 e. The Bertz CT molecular complexity index is 1220. The Morgan fingerprint density at radius 2 is 1.94 bits per heavy atom. The van der Waals surface area contributed by atoms with Gasteiger partial charge in [-0.3, -0.25) is 4.79 Å². The highest BCUT2D eigenvalue weighted by molar-refractivity contribution is 9.10. The number of nitrogens with zero attached hydrogens (tertiary/aromatic N) is 1. The molecule has 5 nitrogen and oxygen atoms in total. The first-order chi connectivity index (χ1) is 15.4. The molecule has 0 saturated carbocycles. The van der Waals surface area contributed by atoms with Crippen LogP contribution in [-0.4, -0.2) is 13.0 Å². The Labute approximate surface area is 200 Å². The van der Waals surface area contributed by atoms with E-state index in [4.69, 9.17) is 21.1 Å². The van der Waals surface area contributed by atoms with Crippen LogP contribution in [-0.2, 0) is 11.4 Å². The molecule has 0 bridgehead atoms. The van der Waals surface area contributed by atoms with Crippen LogP contribution in [0.1, 0.15) is 16.7 Å². The molecule has 0 aromatic heterocycles. The molecule has 3 aromatic carbocycles. The zero-order chi connectivity index (χ0) is 23.1. The maximum atomic E-state index is 12.6. The number of nitriles is 1. The SMILES string of the molecule is COc1cc(/C=C(\C#N)C(=O)Nc2cccc(C)c2)c(Br)cc1OCc1ccccc1Cl. The molecule has 0 fully saturated rings. The minimum absolute atomic E-state index is 0.0426. The molecule has 1 N–H and O–H groups in total. The zero-order valence-electron chi connectivity index (χ0n) is 17.5. The van der Waals surface area contributed by atoms with Crippen LogP contribution in [0.15, 0.2) is 70.7 Å². The van der Waals surface area contributed by atoms with Gasteiger partial charge in [0, 0.05) is 20.7 Å². The summed E-state index contributed by atoms with van der Waals surface area (Å²) in [6.07, 6.45) is 1.50. The Morgan fingerprint density at radius 3 is 2.62 bits per heavy atom. The molecule has 3 aromatic rings. The molecule has 0 heterocycles. The van der Waals surface area contributed by atoms with Crippen molar-refractivity contribution in [3.05, 3.63) is 92.4 Å². The van der Waals surface area contributed by atoms with E-state index in [1.54, 1.807) is 24.3 Å². The van der Waals surface area contributed by atoms with Gasteiger partial charge in [0.25, 0.3) is 5.91 Å². The second-order valence-electron chi connectivity index (χ2n) is 6.90. The highest BCUT2D eigenvalue weighted by Crippen LogP contribution is 2.35. The highest BCUT2D eigenvalue weighted by atomic mass is 79.9. The van der Waals surface area contributed by atoms with Gasteiger partial charge in [0.15, 0.2) is 11.5 Å². The molecule has 0 aliphatic heterocycles. The number of benzene rings is 3. The Balaban J connectivity index is 1.83. The summed E-state index contributed by atoms with van der Waals surface area (Å²) in [7, 11) is 1.52. The molecule has 162 valence electrons. The van der Waals surface area contributed by atoms with Crippen LogP contribution in [0.2, 0.25) is 5.02 Å². The summed E-state index contributed by atoms with van der Waals surface area (Å²) in [5.41, 5.74) is 3.03. The largest absolute Gasteiger partial charge is 0.493 e. The lowest BCUT2D eigenvalue weighted by molar-refractivity contribution is -0.112. The second kappa shape index (κ2) is 10.9.